The molecule has 1 fully saturated rings. The van der Waals surface area contributed by atoms with Crippen LogP contribution >= 0.6 is 0 Å². The van der Waals surface area contributed by atoms with E-state index in [-0.39, 0.29) is 12.0 Å². The summed E-state index contributed by atoms with van der Waals surface area (Å²) in [6.07, 6.45) is 7.28. The Kier molecular flexibility index (Phi) is 5.45. The summed E-state index contributed by atoms with van der Waals surface area (Å²) in [4.78, 5) is 12.0. The van der Waals surface area contributed by atoms with Crippen LogP contribution in [0.2, 0.25) is 0 Å². The topological polar surface area (TPSA) is 38.3 Å². The van der Waals surface area contributed by atoms with E-state index in [0.717, 1.165) is 12.1 Å². The van der Waals surface area contributed by atoms with Crippen LogP contribution in [-0.2, 0) is 9.53 Å². The number of aryl methyl sites for hydroxylation is 1. The van der Waals surface area contributed by atoms with Crippen LogP contribution in [0.1, 0.15) is 44.1 Å². The van der Waals surface area contributed by atoms with Gasteiger partial charge in [0, 0.05) is 5.69 Å². The van der Waals surface area contributed by atoms with E-state index in [0.29, 0.717) is 5.92 Å². The monoisotopic (exact) mass is 275 g/mol. The van der Waals surface area contributed by atoms with Crippen LogP contribution in [0, 0.1) is 12.8 Å². The summed E-state index contributed by atoms with van der Waals surface area (Å²) in [6.45, 7) is 2.06. The number of methoxy groups -OCH3 is 1. The van der Waals surface area contributed by atoms with Gasteiger partial charge in [0.15, 0.2) is 0 Å². The van der Waals surface area contributed by atoms with Gasteiger partial charge in [-0.3, -0.25) is 0 Å². The molecule has 1 N–H and O–H groups in total. The van der Waals surface area contributed by atoms with Gasteiger partial charge in [0.1, 0.15) is 6.04 Å². The van der Waals surface area contributed by atoms with Crippen molar-refractivity contribution in [1.29, 1.82) is 0 Å². The SMILES string of the molecule is COC(=O)C(CC1CCCCC1)Nc1cccc(C)c1. The highest BCUT2D eigenvalue weighted by Crippen LogP contribution is 2.28. The molecule has 20 heavy (non-hydrogen) atoms. The number of carbonyl (C=O) groups excluding carboxylic acids is 1. The van der Waals surface area contributed by atoms with Crippen molar-refractivity contribution in [2.24, 2.45) is 5.92 Å². The van der Waals surface area contributed by atoms with Gasteiger partial charge in [-0.05, 0) is 37.0 Å². The lowest BCUT2D eigenvalue weighted by Gasteiger charge is -2.26. The zero-order valence-corrected chi connectivity index (χ0v) is 12.5. The van der Waals surface area contributed by atoms with Crippen molar-refractivity contribution in [2.45, 2.75) is 51.5 Å². The molecule has 1 aliphatic rings. The van der Waals surface area contributed by atoms with E-state index >= 15 is 0 Å². The first kappa shape index (κ1) is 14.9. The predicted octanol–water partition coefficient (Wildman–Crippen LogP) is 3.92. The van der Waals surface area contributed by atoms with Crippen LogP contribution in [-0.4, -0.2) is 19.1 Å². The number of nitrogens with one attached hydrogen (secondary N) is 1. The number of rotatable bonds is 5. The fourth-order valence-electron chi connectivity index (χ4n) is 3.05. The molecule has 1 aliphatic carbocycles. The molecule has 0 radical (unpaired) electrons. The molecule has 0 saturated heterocycles. The number of hydrogen-bond donors (Lipinski definition) is 1. The molecule has 0 aromatic heterocycles. The van der Waals surface area contributed by atoms with Crippen LogP contribution < -0.4 is 5.32 Å². The van der Waals surface area contributed by atoms with E-state index in [9.17, 15) is 4.79 Å². The number of hydrogen-bond acceptors (Lipinski definition) is 3. The Morgan fingerprint density at radius 2 is 2.10 bits per heavy atom. The third kappa shape index (κ3) is 4.26. The van der Waals surface area contributed by atoms with E-state index in [1.807, 2.05) is 12.1 Å². The van der Waals surface area contributed by atoms with Crippen LogP contribution in [0.4, 0.5) is 5.69 Å². The maximum Gasteiger partial charge on any atom is 0.328 e. The first-order valence-corrected chi connectivity index (χ1v) is 7.60. The highest BCUT2D eigenvalue weighted by molar-refractivity contribution is 5.79. The van der Waals surface area contributed by atoms with Gasteiger partial charge < -0.3 is 10.1 Å². The van der Waals surface area contributed by atoms with Crippen molar-refractivity contribution < 1.29 is 9.53 Å². The Morgan fingerprint density at radius 3 is 2.75 bits per heavy atom. The summed E-state index contributed by atoms with van der Waals surface area (Å²) < 4.78 is 4.95. The second kappa shape index (κ2) is 7.32. The fraction of sp³-hybridized carbons (Fsp3) is 0.588. The molecule has 3 nitrogen and oxygen atoms in total. The number of anilines is 1. The van der Waals surface area contributed by atoms with Crippen LogP contribution in [0.25, 0.3) is 0 Å². The molecular weight excluding hydrogens is 250 g/mol. The molecule has 1 aromatic rings. The summed E-state index contributed by atoms with van der Waals surface area (Å²) in [5.74, 6) is 0.488. The lowest BCUT2D eigenvalue weighted by atomic mass is 9.85. The second-order valence-corrected chi connectivity index (χ2v) is 5.83. The Balaban J connectivity index is 2.01. The summed E-state index contributed by atoms with van der Waals surface area (Å²) >= 11 is 0. The van der Waals surface area contributed by atoms with E-state index in [1.165, 1.54) is 44.8 Å². The Hall–Kier alpha value is -1.51. The summed E-state index contributed by atoms with van der Waals surface area (Å²) in [7, 11) is 1.47. The van der Waals surface area contributed by atoms with Crippen LogP contribution in [0.15, 0.2) is 24.3 Å². The van der Waals surface area contributed by atoms with Crippen molar-refractivity contribution in [3.8, 4) is 0 Å². The Labute approximate surface area is 121 Å². The molecule has 1 saturated carbocycles. The average Bonchev–Trinajstić information content (AvgIpc) is 2.47. The quantitative estimate of drug-likeness (QED) is 0.828. The first-order valence-electron chi connectivity index (χ1n) is 7.60. The van der Waals surface area contributed by atoms with Gasteiger partial charge in [-0.25, -0.2) is 4.79 Å². The minimum absolute atomic E-state index is 0.155. The molecule has 0 amide bonds. The Morgan fingerprint density at radius 1 is 1.35 bits per heavy atom. The molecule has 2 rings (SSSR count). The average molecular weight is 275 g/mol. The normalized spacial score (nSPS) is 17.5. The van der Waals surface area contributed by atoms with E-state index in [2.05, 4.69) is 24.4 Å². The van der Waals surface area contributed by atoms with Gasteiger partial charge >= 0.3 is 5.97 Å². The maximum absolute atomic E-state index is 12.0. The van der Waals surface area contributed by atoms with Gasteiger partial charge in [-0.15, -0.1) is 0 Å². The van der Waals surface area contributed by atoms with Gasteiger partial charge in [-0.2, -0.15) is 0 Å². The summed E-state index contributed by atoms with van der Waals surface area (Å²) in [5.41, 5.74) is 2.19. The highest BCUT2D eigenvalue weighted by Gasteiger charge is 2.24. The minimum atomic E-state index is -0.232. The third-order valence-corrected chi connectivity index (χ3v) is 4.14. The number of esters is 1. The number of benzene rings is 1. The molecule has 110 valence electrons. The number of ether oxygens (including phenoxy) is 1. The predicted molar refractivity (Wildman–Crippen MR) is 81.8 cm³/mol. The van der Waals surface area contributed by atoms with Crippen molar-refractivity contribution in [1.82, 2.24) is 0 Å². The van der Waals surface area contributed by atoms with E-state index in [1.54, 1.807) is 0 Å². The molecule has 1 unspecified atom stereocenters. The van der Waals surface area contributed by atoms with Gasteiger partial charge in [0.2, 0.25) is 0 Å². The zero-order valence-electron chi connectivity index (χ0n) is 12.5. The smallest absolute Gasteiger partial charge is 0.328 e. The molecule has 0 aliphatic heterocycles. The molecular formula is C17H25NO2. The highest BCUT2D eigenvalue weighted by atomic mass is 16.5. The van der Waals surface area contributed by atoms with Gasteiger partial charge in [-0.1, -0.05) is 44.2 Å². The molecule has 0 spiro atoms. The van der Waals surface area contributed by atoms with Crippen LogP contribution in [0.5, 0.6) is 0 Å². The van der Waals surface area contributed by atoms with Crippen molar-refractivity contribution >= 4 is 11.7 Å². The maximum atomic E-state index is 12.0. The molecule has 3 heteroatoms. The summed E-state index contributed by atoms with van der Waals surface area (Å²) in [6, 6.07) is 7.90. The van der Waals surface area contributed by atoms with Crippen molar-refractivity contribution in [3.63, 3.8) is 0 Å². The van der Waals surface area contributed by atoms with E-state index < -0.39 is 0 Å². The first-order chi connectivity index (χ1) is 9.69. The lowest BCUT2D eigenvalue weighted by Crippen LogP contribution is -2.33. The summed E-state index contributed by atoms with van der Waals surface area (Å²) in [5, 5.41) is 3.34. The van der Waals surface area contributed by atoms with Crippen molar-refractivity contribution in [3.05, 3.63) is 29.8 Å². The molecule has 1 aromatic carbocycles. The lowest BCUT2D eigenvalue weighted by molar-refractivity contribution is -0.142. The Bertz CT molecular complexity index is 438. The van der Waals surface area contributed by atoms with E-state index in [4.69, 9.17) is 4.74 Å². The fourth-order valence-corrected chi connectivity index (χ4v) is 3.05. The number of carbonyl (C=O) groups is 1. The second-order valence-electron chi connectivity index (χ2n) is 5.83. The van der Waals surface area contributed by atoms with Crippen molar-refractivity contribution in [2.75, 3.05) is 12.4 Å². The molecule has 1 atom stereocenters. The minimum Gasteiger partial charge on any atom is -0.467 e. The largest absolute Gasteiger partial charge is 0.467 e. The van der Waals surface area contributed by atoms with Gasteiger partial charge in [0.05, 0.1) is 7.11 Å². The van der Waals surface area contributed by atoms with Crippen LogP contribution in [0.3, 0.4) is 0 Å². The zero-order chi connectivity index (χ0) is 14.4. The van der Waals surface area contributed by atoms with Gasteiger partial charge in [0.25, 0.3) is 0 Å². The molecule has 0 bridgehead atoms. The molecule has 0 heterocycles. The third-order valence-electron chi connectivity index (χ3n) is 4.14. The standard InChI is InChI=1S/C17H25NO2/c1-13-7-6-10-15(11-13)18-16(17(19)20-2)12-14-8-4-3-5-9-14/h6-7,10-11,14,16,18H,3-5,8-9,12H2,1-2H3.